The van der Waals surface area contributed by atoms with Crippen LogP contribution in [-0.2, 0) is 10.2 Å². The predicted molar refractivity (Wildman–Crippen MR) is 72.2 cm³/mol. The van der Waals surface area contributed by atoms with Crippen LogP contribution >= 0.6 is 0 Å². The molecule has 0 bridgehead atoms. The van der Waals surface area contributed by atoms with E-state index in [0.717, 1.165) is 19.3 Å². The zero-order valence-corrected chi connectivity index (χ0v) is 12.2. The lowest BCUT2D eigenvalue weighted by Gasteiger charge is -2.34. The molecular weight excluding hydrogens is 250 g/mol. The van der Waals surface area contributed by atoms with Crippen molar-refractivity contribution >= 4 is 10.2 Å². The maximum Gasteiger partial charge on any atom is 0.282 e. The Kier molecular flexibility index (Phi) is 4.31. The van der Waals surface area contributed by atoms with Crippen molar-refractivity contribution in [3.05, 3.63) is 0 Å². The number of hydrogen-bond acceptors (Lipinski definition) is 3. The SMILES string of the molecule is CC1CCCN(S(=O)(=O)N2CC(CN)CC2C)C1. The van der Waals surface area contributed by atoms with Crippen molar-refractivity contribution in [3.63, 3.8) is 0 Å². The first-order chi connectivity index (χ1) is 8.45. The summed E-state index contributed by atoms with van der Waals surface area (Å²) in [6.07, 6.45) is 3.00. The van der Waals surface area contributed by atoms with Gasteiger partial charge in [0.05, 0.1) is 0 Å². The fourth-order valence-electron chi connectivity index (χ4n) is 3.11. The number of hydrogen-bond donors (Lipinski definition) is 1. The minimum atomic E-state index is -3.28. The van der Waals surface area contributed by atoms with E-state index in [0.29, 0.717) is 38.0 Å². The van der Waals surface area contributed by atoms with Crippen LogP contribution in [0.5, 0.6) is 0 Å². The molecule has 3 atom stereocenters. The number of rotatable bonds is 3. The van der Waals surface area contributed by atoms with E-state index in [-0.39, 0.29) is 6.04 Å². The third-order valence-corrected chi connectivity index (χ3v) is 6.27. The van der Waals surface area contributed by atoms with E-state index in [2.05, 4.69) is 6.92 Å². The number of nitrogens with two attached hydrogens (primary N) is 1. The third kappa shape index (κ3) is 2.71. The lowest BCUT2D eigenvalue weighted by molar-refractivity contribution is 0.255. The Balaban J connectivity index is 2.10. The second kappa shape index (κ2) is 5.45. The maximum absolute atomic E-state index is 12.6. The normalized spacial score (nSPS) is 36.1. The second-order valence-electron chi connectivity index (χ2n) is 5.87. The van der Waals surface area contributed by atoms with E-state index in [9.17, 15) is 8.42 Å². The van der Waals surface area contributed by atoms with Gasteiger partial charge in [0.25, 0.3) is 10.2 Å². The van der Waals surface area contributed by atoms with Crippen LogP contribution < -0.4 is 5.73 Å². The predicted octanol–water partition coefficient (Wildman–Crippen LogP) is 0.632. The Morgan fingerprint density at radius 1 is 1.28 bits per heavy atom. The van der Waals surface area contributed by atoms with Crippen molar-refractivity contribution in [2.45, 2.75) is 39.2 Å². The molecule has 6 heteroatoms. The molecule has 3 unspecified atom stereocenters. The zero-order valence-electron chi connectivity index (χ0n) is 11.4. The van der Waals surface area contributed by atoms with Gasteiger partial charge in [-0.3, -0.25) is 0 Å². The van der Waals surface area contributed by atoms with Gasteiger partial charge in [0.15, 0.2) is 0 Å². The molecule has 2 aliphatic heterocycles. The highest BCUT2D eigenvalue weighted by Gasteiger charge is 2.40. The smallest absolute Gasteiger partial charge is 0.282 e. The minimum absolute atomic E-state index is 0.0841. The first-order valence-electron chi connectivity index (χ1n) is 6.92. The Labute approximate surface area is 110 Å². The summed E-state index contributed by atoms with van der Waals surface area (Å²) in [7, 11) is -3.28. The summed E-state index contributed by atoms with van der Waals surface area (Å²) in [6, 6.07) is 0.0841. The molecule has 2 aliphatic rings. The van der Waals surface area contributed by atoms with Crippen molar-refractivity contribution in [2.75, 3.05) is 26.2 Å². The van der Waals surface area contributed by atoms with Crippen LogP contribution in [0.2, 0.25) is 0 Å². The zero-order chi connectivity index (χ0) is 13.3. The monoisotopic (exact) mass is 275 g/mol. The topological polar surface area (TPSA) is 66.6 Å². The maximum atomic E-state index is 12.6. The number of nitrogens with zero attached hydrogens (tertiary/aromatic N) is 2. The molecule has 0 saturated carbocycles. The van der Waals surface area contributed by atoms with E-state index in [4.69, 9.17) is 5.73 Å². The molecule has 0 spiro atoms. The van der Waals surface area contributed by atoms with Gasteiger partial charge in [-0.2, -0.15) is 17.0 Å². The fourth-order valence-corrected chi connectivity index (χ4v) is 5.14. The molecule has 5 nitrogen and oxygen atoms in total. The summed E-state index contributed by atoms with van der Waals surface area (Å²) in [5.74, 6) is 0.786. The van der Waals surface area contributed by atoms with Crippen LogP contribution in [0.1, 0.15) is 33.1 Å². The molecule has 2 rings (SSSR count). The molecule has 2 fully saturated rings. The van der Waals surface area contributed by atoms with Gasteiger partial charge in [-0.1, -0.05) is 6.92 Å². The van der Waals surface area contributed by atoms with E-state index in [1.165, 1.54) is 0 Å². The lowest BCUT2D eigenvalue weighted by Crippen LogP contribution is -2.48. The summed E-state index contributed by atoms with van der Waals surface area (Å²) >= 11 is 0. The lowest BCUT2D eigenvalue weighted by atomic mass is 10.0. The molecular formula is C12H25N3O2S. The van der Waals surface area contributed by atoms with Gasteiger partial charge in [0, 0.05) is 25.7 Å². The van der Waals surface area contributed by atoms with Crippen molar-refractivity contribution in [1.82, 2.24) is 8.61 Å². The van der Waals surface area contributed by atoms with Crippen LogP contribution in [-0.4, -0.2) is 49.2 Å². The highest BCUT2D eigenvalue weighted by Crippen LogP contribution is 2.29. The standard InChI is InChI=1S/C12H25N3O2S/c1-10-4-3-5-14(8-10)18(16,17)15-9-12(7-13)6-11(15)2/h10-12H,3-9,13H2,1-2H3. The highest BCUT2D eigenvalue weighted by atomic mass is 32.2. The van der Waals surface area contributed by atoms with Crippen LogP contribution in [0.4, 0.5) is 0 Å². The molecule has 18 heavy (non-hydrogen) atoms. The quantitative estimate of drug-likeness (QED) is 0.821. The molecule has 2 N–H and O–H groups in total. The van der Waals surface area contributed by atoms with Crippen LogP contribution in [0.15, 0.2) is 0 Å². The molecule has 106 valence electrons. The first-order valence-corrected chi connectivity index (χ1v) is 8.31. The van der Waals surface area contributed by atoms with Gasteiger partial charge < -0.3 is 5.73 Å². The number of piperidine rings is 1. The van der Waals surface area contributed by atoms with Crippen molar-refractivity contribution < 1.29 is 8.42 Å². The summed E-state index contributed by atoms with van der Waals surface area (Å²) in [5.41, 5.74) is 5.67. The van der Waals surface area contributed by atoms with Crippen LogP contribution in [0.25, 0.3) is 0 Å². The second-order valence-corrected chi connectivity index (χ2v) is 7.75. The van der Waals surface area contributed by atoms with Gasteiger partial charge in [-0.05, 0) is 44.6 Å². The van der Waals surface area contributed by atoms with Crippen molar-refractivity contribution in [2.24, 2.45) is 17.6 Å². The first kappa shape index (κ1) is 14.2. The summed E-state index contributed by atoms with van der Waals surface area (Å²) in [6.45, 7) is 6.61. The average Bonchev–Trinajstić information content (AvgIpc) is 2.71. The van der Waals surface area contributed by atoms with E-state index < -0.39 is 10.2 Å². The molecule has 0 radical (unpaired) electrons. The van der Waals surface area contributed by atoms with Crippen LogP contribution in [0.3, 0.4) is 0 Å². The van der Waals surface area contributed by atoms with Gasteiger partial charge >= 0.3 is 0 Å². The van der Waals surface area contributed by atoms with E-state index in [1.807, 2.05) is 6.92 Å². The van der Waals surface area contributed by atoms with Gasteiger partial charge in [0.1, 0.15) is 0 Å². The minimum Gasteiger partial charge on any atom is -0.330 e. The van der Waals surface area contributed by atoms with Crippen molar-refractivity contribution in [3.8, 4) is 0 Å². The van der Waals surface area contributed by atoms with Gasteiger partial charge in [0.2, 0.25) is 0 Å². The summed E-state index contributed by atoms with van der Waals surface area (Å²) in [5, 5.41) is 0. The molecule has 0 amide bonds. The summed E-state index contributed by atoms with van der Waals surface area (Å²) < 4.78 is 28.6. The average molecular weight is 275 g/mol. The molecule has 2 saturated heterocycles. The molecule has 0 aliphatic carbocycles. The molecule has 0 aromatic carbocycles. The Morgan fingerprint density at radius 2 is 2.00 bits per heavy atom. The van der Waals surface area contributed by atoms with Gasteiger partial charge in [-0.15, -0.1) is 0 Å². The van der Waals surface area contributed by atoms with Gasteiger partial charge in [-0.25, -0.2) is 0 Å². The van der Waals surface area contributed by atoms with Crippen molar-refractivity contribution in [1.29, 1.82) is 0 Å². The van der Waals surface area contributed by atoms with E-state index in [1.54, 1.807) is 8.61 Å². The molecule has 0 aromatic rings. The fraction of sp³-hybridized carbons (Fsp3) is 1.00. The Bertz CT molecular complexity index is 385. The van der Waals surface area contributed by atoms with E-state index >= 15 is 0 Å². The third-order valence-electron chi connectivity index (χ3n) is 4.18. The Morgan fingerprint density at radius 3 is 2.56 bits per heavy atom. The van der Waals surface area contributed by atoms with Crippen LogP contribution in [0, 0.1) is 11.8 Å². The molecule has 2 heterocycles. The molecule has 0 aromatic heterocycles. The largest absolute Gasteiger partial charge is 0.330 e. The highest BCUT2D eigenvalue weighted by molar-refractivity contribution is 7.86. The summed E-state index contributed by atoms with van der Waals surface area (Å²) in [4.78, 5) is 0. The Hall–Kier alpha value is -0.170.